The van der Waals surface area contributed by atoms with Gasteiger partial charge in [0.25, 0.3) is 0 Å². The number of aromatic nitrogens is 3. The molecule has 1 unspecified atom stereocenters. The third-order valence-electron chi connectivity index (χ3n) is 4.17. The molecule has 0 saturated carbocycles. The van der Waals surface area contributed by atoms with Crippen LogP contribution in [-0.4, -0.2) is 33.2 Å². The van der Waals surface area contributed by atoms with Gasteiger partial charge in [-0.15, -0.1) is 11.8 Å². The number of benzene rings is 2. The van der Waals surface area contributed by atoms with Gasteiger partial charge in [0.2, 0.25) is 17.8 Å². The van der Waals surface area contributed by atoms with E-state index in [1.165, 1.54) is 11.8 Å². The van der Waals surface area contributed by atoms with Gasteiger partial charge in [-0.25, -0.2) is 0 Å². The first kappa shape index (κ1) is 21.4. The number of hydrogen-bond donors (Lipinski definition) is 3. The Labute approximate surface area is 179 Å². The molecule has 0 spiro atoms. The van der Waals surface area contributed by atoms with Crippen molar-refractivity contribution in [2.45, 2.75) is 24.9 Å². The number of amides is 1. The number of nitrogen functional groups attached to an aromatic ring is 1. The van der Waals surface area contributed by atoms with Crippen LogP contribution in [0, 0.1) is 6.92 Å². The lowest BCUT2D eigenvalue weighted by Gasteiger charge is -2.13. The van der Waals surface area contributed by atoms with Crippen LogP contribution in [0.4, 0.5) is 23.3 Å². The minimum Gasteiger partial charge on any atom is -0.495 e. The van der Waals surface area contributed by atoms with Crippen molar-refractivity contribution in [1.82, 2.24) is 15.0 Å². The number of nitrogens with zero attached hydrogens (tertiary/aromatic N) is 3. The smallest absolute Gasteiger partial charge is 0.237 e. The van der Waals surface area contributed by atoms with Gasteiger partial charge in [-0.05, 0) is 43.7 Å². The Bertz CT molecular complexity index is 1030. The van der Waals surface area contributed by atoms with E-state index in [1.54, 1.807) is 7.11 Å². The number of anilines is 4. The Morgan fingerprint density at radius 1 is 1.17 bits per heavy atom. The van der Waals surface area contributed by atoms with Crippen LogP contribution in [0.3, 0.4) is 0 Å². The van der Waals surface area contributed by atoms with Gasteiger partial charge in [-0.2, -0.15) is 15.0 Å². The molecule has 3 aromatic rings. The number of ether oxygens (including phenoxy) is 1. The van der Waals surface area contributed by atoms with Crippen molar-refractivity contribution >= 4 is 40.9 Å². The topological polar surface area (TPSA) is 115 Å². The highest BCUT2D eigenvalue weighted by Gasteiger charge is 2.15. The lowest BCUT2D eigenvalue weighted by molar-refractivity contribution is -0.115. The van der Waals surface area contributed by atoms with Gasteiger partial charge in [0.1, 0.15) is 11.6 Å². The molecule has 4 N–H and O–H groups in total. The van der Waals surface area contributed by atoms with E-state index in [0.717, 1.165) is 16.9 Å². The second-order valence-corrected chi connectivity index (χ2v) is 7.90. The van der Waals surface area contributed by atoms with E-state index in [2.05, 4.69) is 25.6 Å². The highest BCUT2D eigenvalue weighted by atomic mass is 32.2. The molecule has 0 fully saturated rings. The standard InChI is InChI=1S/C21H24N6O2S/c1-13-7-6-8-15(11-13)23-19(28)14(2)30-12-18-25-20(22)27-21(26-18)24-16-9-4-5-10-17(16)29-3/h4-11,14H,12H2,1-3H3,(H,23,28)(H3,22,24,25,26,27). The number of nitrogens with one attached hydrogen (secondary N) is 2. The van der Waals surface area contributed by atoms with E-state index in [9.17, 15) is 4.79 Å². The molecular weight excluding hydrogens is 400 g/mol. The second kappa shape index (κ2) is 9.93. The molecule has 0 radical (unpaired) electrons. The molecule has 0 aliphatic rings. The lowest BCUT2D eigenvalue weighted by atomic mass is 10.2. The predicted molar refractivity (Wildman–Crippen MR) is 121 cm³/mol. The van der Waals surface area contributed by atoms with Gasteiger partial charge < -0.3 is 21.1 Å². The predicted octanol–water partition coefficient (Wildman–Crippen LogP) is 3.77. The molecule has 1 amide bonds. The number of methoxy groups -OCH3 is 1. The maximum absolute atomic E-state index is 12.5. The Kier molecular flexibility index (Phi) is 7.08. The van der Waals surface area contributed by atoms with Crippen LogP contribution >= 0.6 is 11.8 Å². The minimum atomic E-state index is -0.297. The fourth-order valence-electron chi connectivity index (χ4n) is 2.67. The molecule has 1 aromatic heterocycles. The van der Waals surface area contributed by atoms with Gasteiger partial charge in [0.05, 0.1) is 23.8 Å². The molecule has 0 bridgehead atoms. The number of nitrogens with two attached hydrogens (primary N) is 1. The van der Waals surface area contributed by atoms with Crippen molar-refractivity contribution in [3.63, 3.8) is 0 Å². The van der Waals surface area contributed by atoms with Crippen LogP contribution in [0.2, 0.25) is 0 Å². The van der Waals surface area contributed by atoms with Crippen LogP contribution in [0.1, 0.15) is 18.3 Å². The number of rotatable bonds is 8. The highest BCUT2D eigenvalue weighted by molar-refractivity contribution is 7.99. The summed E-state index contributed by atoms with van der Waals surface area (Å²) in [6.45, 7) is 3.82. The third-order valence-corrected chi connectivity index (χ3v) is 5.31. The number of thioether (sulfide) groups is 1. The zero-order chi connectivity index (χ0) is 21.5. The average molecular weight is 425 g/mol. The van der Waals surface area contributed by atoms with Crippen molar-refractivity contribution in [3.05, 3.63) is 59.9 Å². The van der Waals surface area contributed by atoms with E-state index < -0.39 is 0 Å². The van der Waals surface area contributed by atoms with Crippen LogP contribution in [0.15, 0.2) is 48.5 Å². The van der Waals surface area contributed by atoms with Crippen molar-refractivity contribution in [1.29, 1.82) is 0 Å². The Balaban J connectivity index is 1.63. The largest absolute Gasteiger partial charge is 0.495 e. The summed E-state index contributed by atoms with van der Waals surface area (Å²) in [5.41, 5.74) is 8.43. The molecule has 1 atom stereocenters. The number of aryl methyl sites for hydroxylation is 1. The molecule has 9 heteroatoms. The summed E-state index contributed by atoms with van der Waals surface area (Å²) in [6, 6.07) is 15.1. The third kappa shape index (κ3) is 5.84. The van der Waals surface area contributed by atoms with Gasteiger partial charge in [-0.3, -0.25) is 4.79 Å². The summed E-state index contributed by atoms with van der Waals surface area (Å²) in [5.74, 6) is 1.90. The molecule has 156 valence electrons. The minimum absolute atomic E-state index is 0.0833. The Morgan fingerprint density at radius 2 is 1.97 bits per heavy atom. The fraction of sp³-hybridized carbons (Fsp3) is 0.238. The molecule has 0 saturated heterocycles. The first-order valence-corrected chi connectivity index (χ1v) is 10.4. The van der Waals surface area contributed by atoms with E-state index in [0.29, 0.717) is 23.3 Å². The number of carbonyl (C=O) groups is 1. The summed E-state index contributed by atoms with van der Waals surface area (Å²) in [4.78, 5) is 25.2. The second-order valence-electron chi connectivity index (χ2n) is 6.57. The van der Waals surface area contributed by atoms with E-state index in [4.69, 9.17) is 10.5 Å². The first-order valence-electron chi connectivity index (χ1n) is 9.34. The zero-order valence-corrected chi connectivity index (χ0v) is 17.9. The van der Waals surface area contributed by atoms with Crippen LogP contribution in [0.25, 0.3) is 0 Å². The van der Waals surface area contributed by atoms with Gasteiger partial charge >= 0.3 is 0 Å². The summed E-state index contributed by atoms with van der Waals surface area (Å²) in [6.07, 6.45) is 0. The molecule has 0 aliphatic heterocycles. The normalized spacial score (nSPS) is 11.6. The molecular formula is C21H24N6O2S. The van der Waals surface area contributed by atoms with Crippen molar-refractivity contribution in [2.75, 3.05) is 23.5 Å². The maximum Gasteiger partial charge on any atom is 0.237 e. The van der Waals surface area contributed by atoms with Gasteiger partial charge in [0.15, 0.2) is 0 Å². The number of carbonyl (C=O) groups excluding carboxylic acids is 1. The quantitative estimate of drug-likeness (QED) is 0.500. The monoisotopic (exact) mass is 424 g/mol. The Morgan fingerprint density at radius 3 is 2.73 bits per heavy atom. The van der Waals surface area contributed by atoms with E-state index >= 15 is 0 Å². The van der Waals surface area contributed by atoms with Crippen LogP contribution in [-0.2, 0) is 10.5 Å². The molecule has 1 heterocycles. The summed E-state index contributed by atoms with van der Waals surface area (Å²) in [7, 11) is 1.59. The number of hydrogen-bond acceptors (Lipinski definition) is 8. The molecule has 0 aliphatic carbocycles. The van der Waals surface area contributed by atoms with E-state index in [1.807, 2.05) is 62.4 Å². The van der Waals surface area contributed by atoms with Gasteiger partial charge in [0, 0.05) is 5.69 Å². The number of para-hydroxylation sites is 2. The lowest BCUT2D eigenvalue weighted by Crippen LogP contribution is -2.22. The highest BCUT2D eigenvalue weighted by Crippen LogP contribution is 2.26. The summed E-state index contributed by atoms with van der Waals surface area (Å²) < 4.78 is 5.33. The summed E-state index contributed by atoms with van der Waals surface area (Å²) >= 11 is 1.42. The van der Waals surface area contributed by atoms with Crippen molar-refractivity contribution in [3.8, 4) is 5.75 Å². The average Bonchev–Trinajstić information content (AvgIpc) is 2.72. The summed E-state index contributed by atoms with van der Waals surface area (Å²) in [5, 5.41) is 5.72. The zero-order valence-electron chi connectivity index (χ0n) is 17.0. The fourth-order valence-corrected chi connectivity index (χ4v) is 3.41. The Hall–Kier alpha value is -3.33. The first-order chi connectivity index (χ1) is 14.4. The van der Waals surface area contributed by atoms with Crippen molar-refractivity contribution in [2.24, 2.45) is 0 Å². The molecule has 2 aromatic carbocycles. The SMILES string of the molecule is COc1ccccc1Nc1nc(N)nc(CSC(C)C(=O)Nc2cccc(C)c2)n1. The van der Waals surface area contributed by atoms with E-state index in [-0.39, 0.29) is 17.1 Å². The molecule has 30 heavy (non-hydrogen) atoms. The van der Waals surface area contributed by atoms with Gasteiger partial charge in [-0.1, -0.05) is 24.3 Å². The maximum atomic E-state index is 12.5. The van der Waals surface area contributed by atoms with Crippen molar-refractivity contribution < 1.29 is 9.53 Å². The van der Waals surface area contributed by atoms with Crippen LogP contribution in [0.5, 0.6) is 5.75 Å². The molecule has 3 rings (SSSR count). The van der Waals surface area contributed by atoms with Crippen LogP contribution < -0.4 is 21.1 Å². The molecule has 8 nitrogen and oxygen atoms in total.